The Bertz CT molecular complexity index is 575. The summed E-state index contributed by atoms with van der Waals surface area (Å²) in [5, 5.41) is 14.4. The van der Waals surface area contributed by atoms with Gasteiger partial charge >= 0.3 is 0 Å². The van der Waals surface area contributed by atoms with Crippen molar-refractivity contribution in [2.45, 2.75) is 60.4 Å². The van der Waals surface area contributed by atoms with E-state index in [1.54, 1.807) is 0 Å². The molecule has 0 amide bonds. The molecule has 24 heavy (non-hydrogen) atoms. The first-order valence-electron chi connectivity index (χ1n) is 8.72. The van der Waals surface area contributed by atoms with Crippen LogP contribution in [0.5, 0.6) is 0 Å². The van der Waals surface area contributed by atoms with Crippen molar-refractivity contribution in [1.82, 2.24) is 9.78 Å². The first-order valence-corrected chi connectivity index (χ1v) is 8.72. The number of hydrogen-bond acceptors (Lipinski definition) is 3. The number of aromatic nitrogens is 2. The Hall–Kier alpha value is -2.10. The summed E-state index contributed by atoms with van der Waals surface area (Å²) >= 11 is 0. The molecule has 0 saturated heterocycles. The topological polar surface area (TPSA) is 53.7 Å². The molecule has 0 aliphatic rings. The first kappa shape index (κ1) is 21.9. The molecule has 1 aromatic carbocycles. The minimum atomic E-state index is 0.475. The molecule has 0 saturated carbocycles. The molecule has 2 rings (SSSR count). The van der Waals surface area contributed by atoms with Gasteiger partial charge in [0.05, 0.1) is 6.20 Å². The van der Waals surface area contributed by atoms with Gasteiger partial charge in [-0.3, -0.25) is 4.68 Å². The third-order valence-electron chi connectivity index (χ3n) is 3.45. The monoisotopic (exact) mass is 330 g/mol. The second-order valence-electron chi connectivity index (χ2n) is 5.99. The van der Waals surface area contributed by atoms with Crippen LogP contribution < -0.4 is 5.32 Å². The molecule has 0 atom stereocenters. The number of aryl methyl sites for hydroxylation is 1. The Morgan fingerprint density at radius 3 is 2.17 bits per heavy atom. The molecular weight excluding hydrogens is 296 g/mol. The molecule has 0 spiro atoms. The van der Waals surface area contributed by atoms with E-state index in [-0.39, 0.29) is 0 Å². The molecule has 134 valence electrons. The van der Waals surface area contributed by atoms with Crippen molar-refractivity contribution in [2.24, 2.45) is 0 Å². The van der Waals surface area contributed by atoms with Crippen LogP contribution in [-0.2, 0) is 0 Å². The molecule has 0 fully saturated rings. The van der Waals surface area contributed by atoms with Gasteiger partial charge in [0.25, 0.3) is 0 Å². The lowest BCUT2D eigenvalue weighted by Gasteiger charge is -2.04. The van der Waals surface area contributed by atoms with Gasteiger partial charge in [-0.05, 0) is 43.9 Å². The predicted octanol–water partition coefficient (Wildman–Crippen LogP) is 5.65. The molecule has 1 aromatic heterocycles. The summed E-state index contributed by atoms with van der Waals surface area (Å²) in [6.45, 7) is 14.7. The van der Waals surface area contributed by atoms with Gasteiger partial charge in [0, 0.05) is 36.8 Å². The maximum Gasteiger partial charge on any atom is 0.0524 e. The Labute approximate surface area is 147 Å². The van der Waals surface area contributed by atoms with Crippen LogP contribution in [0.15, 0.2) is 30.6 Å². The van der Waals surface area contributed by atoms with Gasteiger partial charge in [0.2, 0.25) is 0 Å². The average Bonchev–Trinajstić information content (AvgIpc) is 3.08. The third-order valence-corrected chi connectivity index (χ3v) is 3.45. The quantitative estimate of drug-likeness (QED) is 0.712. The maximum atomic E-state index is 7.09. The number of benzene rings is 1. The Balaban J connectivity index is 0.000000400. The minimum Gasteiger partial charge on any atom is -0.388 e. The maximum absolute atomic E-state index is 7.09. The van der Waals surface area contributed by atoms with Crippen LogP contribution >= 0.6 is 0 Å². The van der Waals surface area contributed by atoms with Crippen LogP contribution in [0.3, 0.4) is 0 Å². The highest BCUT2D eigenvalue weighted by molar-refractivity contribution is 5.85. The molecule has 4 nitrogen and oxygen atoms in total. The Kier molecular flexibility index (Phi) is 10.4. The Morgan fingerprint density at radius 2 is 1.79 bits per heavy atom. The summed E-state index contributed by atoms with van der Waals surface area (Å²) in [7, 11) is 1.86. The summed E-state index contributed by atoms with van der Waals surface area (Å²) in [5.41, 5.74) is 4.47. The number of nitrogens with zero attached hydrogens (tertiary/aromatic N) is 2. The van der Waals surface area contributed by atoms with Crippen molar-refractivity contribution >= 4 is 11.9 Å². The number of rotatable bonds is 4. The zero-order valence-electron chi connectivity index (χ0n) is 16.5. The fourth-order valence-electron chi connectivity index (χ4n) is 1.95. The zero-order chi connectivity index (χ0) is 18.7. The highest BCUT2D eigenvalue weighted by atomic mass is 15.3. The first-order chi connectivity index (χ1) is 11.4. The second kappa shape index (κ2) is 11.4. The fraction of sp³-hybridized carbons (Fsp3) is 0.500. The van der Waals surface area contributed by atoms with Crippen molar-refractivity contribution in [2.75, 3.05) is 12.4 Å². The van der Waals surface area contributed by atoms with E-state index in [1.807, 2.05) is 56.9 Å². The minimum absolute atomic E-state index is 0.475. The number of anilines is 1. The van der Waals surface area contributed by atoms with Gasteiger partial charge in [-0.25, -0.2) is 0 Å². The van der Waals surface area contributed by atoms with Gasteiger partial charge in [-0.1, -0.05) is 39.8 Å². The van der Waals surface area contributed by atoms with Crippen LogP contribution in [0, 0.1) is 12.3 Å². The summed E-state index contributed by atoms with van der Waals surface area (Å²) in [4.78, 5) is 0. The molecule has 0 unspecified atom stereocenters. The molecule has 0 radical (unpaired) electrons. The third kappa shape index (κ3) is 6.99. The van der Waals surface area contributed by atoms with Gasteiger partial charge in [0.15, 0.2) is 0 Å². The molecule has 4 heteroatoms. The van der Waals surface area contributed by atoms with Crippen molar-refractivity contribution in [3.63, 3.8) is 0 Å². The standard InChI is InChI=1S/C9H16N2.C9H12N2.C2H6/c1-7(2)9-5-10-11(6-9)8(3)4;1-7-3-4-8(6-10)9(5-7)11-2;1-2/h5-8H,1-4H3;3-6,10-11H,1-2H3;1-2H3. The number of hydrogen-bond donors (Lipinski definition) is 2. The molecule has 2 aromatic rings. The van der Waals surface area contributed by atoms with Crippen LogP contribution in [0.4, 0.5) is 5.69 Å². The summed E-state index contributed by atoms with van der Waals surface area (Å²) in [6.07, 6.45) is 5.42. The van der Waals surface area contributed by atoms with Crippen molar-refractivity contribution in [3.8, 4) is 0 Å². The van der Waals surface area contributed by atoms with Crippen molar-refractivity contribution in [1.29, 1.82) is 5.41 Å². The van der Waals surface area contributed by atoms with E-state index >= 15 is 0 Å². The van der Waals surface area contributed by atoms with Crippen molar-refractivity contribution < 1.29 is 0 Å². The van der Waals surface area contributed by atoms with E-state index in [4.69, 9.17) is 5.41 Å². The molecule has 1 heterocycles. The largest absolute Gasteiger partial charge is 0.388 e. The summed E-state index contributed by atoms with van der Waals surface area (Å²) < 4.78 is 2.00. The van der Waals surface area contributed by atoms with E-state index in [2.05, 4.69) is 44.3 Å². The van der Waals surface area contributed by atoms with E-state index < -0.39 is 0 Å². The fourth-order valence-corrected chi connectivity index (χ4v) is 1.95. The lowest BCUT2D eigenvalue weighted by Crippen LogP contribution is -1.99. The zero-order valence-corrected chi connectivity index (χ0v) is 16.5. The summed E-state index contributed by atoms with van der Waals surface area (Å²) in [6, 6.07) is 6.44. The molecule has 0 aliphatic carbocycles. The lowest BCUT2D eigenvalue weighted by atomic mass is 10.1. The summed E-state index contributed by atoms with van der Waals surface area (Å²) in [5.74, 6) is 0.586. The van der Waals surface area contributed by atoms with Gasteiger partial charge < -0.3 is 10.7 Å². The van der Waals surface area contributed by atoms with Crippen LogP contribution in [-0.4, -0.2) is 23.0 Å². The smallest absolute Gasteiger partial charge is 0.0524 e. The van der Waals surface area contributed by atoms with E-state index in [9.17, 15) is 0 Å². The normalized spacial score (nSPS) is 9.75. The van der Waals surface area contributed by atoms with Crippen molar-refractivity contribution in [3.05, 3.63) is 47.3 Å². The average molecular weight is 331 g/mol. The second-order valence-corrected chi connectivity index (χ2v) is 5.99. The molecule has 0 bridgehead atoms. The molecule has 0 aliphatic heterocycles. The van der Waals surface area contributed by atoms with Crippen LogP contribution in [0.1, 0.15) is 70.2 Å². The molecular formula is C20H34N4. The number of nitrogens with one attached hydrogen (secondary N) is 2. The Morgan fingerprint density at radius 1 is 1.17 bits per heavy atom. The highest BCUT2D eigenvalue weighted by Gasteiger charge is 2.03. The van der Waals surface area contributed by atoms with Gasteiger partial charge in [0.1, 0.15) is 0 Å². The molecule has 2 N–H and O–H groups in total. The van der Waals surface area contributed by atoms with Crippen LogP contribution in [0.2, 0.25) is 0 Å². The lowest BCUT2D eigenvalue weighted by molar-refractivity contribution is 0.531. The highest BCUT2D eigenvalue weighted by Crippen LogP contribution is 2.15. The predicted molar refractivity (Wildman–Crippen MR) is 107 cm³/mol. The van der Waals surface area contributed by atoms with E-state index in [0.717, 1.165) is 11.3 Å². The SMILES string of the molecule is CC.CC(C)c1cnn(C(C)C)c1.CNc1cc(C)ccc1C=N. The van der Waals surface area contributed by atoms with Gasteiger partial charge in [-0.2, -0.15) is 5.10 Å². The van der Waals surface area contributed by atoms with Gasteiger partial charge in [-0.15, -0.1) is 0 Å². The van der Waals surface area contributed by atoms with Crippen LogP contribution in [0.25, 0.3) is 0 Å². The van der Waals surface area contributed by atoms with E-state index in [1.165, 1.54) is 17.3 Å². The van der Waals surface area contributed by atoms with E-state index in [0.29, 0.717) is 12.0 Å².